The van der Waals surface area contributed by atoms with Crippen molar-refractivity contribution in [2.24, 2.45) is 4.99 Å². The Morgan fingerprint density at radius 3 is 2.55 bits per heavy atom. The van der Waals surface area contributed by atoms with Crippen LogP contribution >= 0.6 is 11.3 Å². The Morgan fingerprint density at radius 2 is 1.85 bits per heavy atom. The maximum Gasteiger partial charge on any atom is 0.115 e. The predicted molar refractivity (Wildman–Crippen MR) is 86.4 cm³/mol. The molecule has 0 aliphatic rings. The Hall–Kier alpha value is -2.13. The van der Waals surface area contributed by atoms with Crippen LogP contribution in [0.15, 0.2) is 59.6 Å². The zero-order valence-corrected chi connectivity index (χ0v) is 12.0. The number of rotatable bonds is 3. The first-order chi connectivity index (χ1) is 9.76. The molecule has 3 heteroatoms. The summed E-state index contributed by atoms with van der Waals surface area (Å²) in [5, 5.41) is 10.6. The largest absolute Gasteiger partial charge is 0.508 e. The monoisotopic (exact) mass is 281 g/mol. The van der Waals surface area contributed by atoms with Gasteiger partial charge in [-0.3, -0.25) is 4.99 Å². The first kappa shape index (κ1) is 12.9. The lowest BCUT2D eigenvalue weighted by atomic mass is 10.2. The fraction of sp³-hybridized carbons (Fsp3) is 0.118. The first-order valence-electron chi connectivity index (χ1n) is 6.62. The third-order valence-corrected chi connectivity index (χ3v) is 4.32. The molecule has 2 nitrogen and oxygen atoms in total. The van der Waals surface area contributed by atoms with Crippen LogP contribution in [0.1, 0.15) is 18.2 Å². The van der Waals surface area contributed by atoms with Gasteiger partial charge in [-0.25, -0.2) is 0 Å². The van der Waals surface area contributed by atoms with E-state index in [2.05, 4.69) is 37.3 Å². The number of benzene rings is 2. The molecular weight excluding hydrogens is 266 g/mol. The molecule has 0 fully saturated rings. The smallest absolute Gasteiger partial charge is 0.115 e. The molecule has 2 aromatic carbocycles. The van der Waals surface area contributed by atoms with Crippen molar-refractivity contribution in [2.75, 3.05) is 0 Å². The second-order valence-electron chi connectivity index (χ2n) is 4.58. The van der Waals surface area contributed by atoms with Gasteiger partial charge in [0.15, 0.2) is 0 Å². The summed E-state index contributed by atoms with van der Waals surface area (Å²) in [6.07, 6.45) is 0.883. The van der Waals surface area contributed by atoms with E-state index >= 15 is 0 Å². The molecule has 1 N–H and O–H groups in total. The van der Waals surface area contributed by atoms with Gasteiger partial charge in [0, 0.05) is 9.58 Å². The molecule has 0 aliphatic carbocycles. The highest BCUT2D eigenvalue weighted by atomic mass is 32.1. The highest BCUT2D eigenvalue weighted by Gasteiger charge is 2.07. The standard InChI is InChI=1S/C17H15NOS/c1-2-15(18-13-7-9-14(19)10-8-13)17-11-12-5-3-4-6-16(12)20-17/h3-11,19H,2H2,1H3. The SMILES string of the molecule is CCC(=Nc1ccc(O)cc1)c1cc2ccccc2s1. The van der Waals surface area contributed by atoms with Crippen LogP contribution in [0.3, 0.4) is 0 Å². The Morgan fingerprint density at radius 1 is 1.10 bits per heavy atom. The number of hydrogen-bond acceptors (Lipinski definition) is 3. The topological polar surface area (TPSA) is 32.6 Å². The molecule has 0 spiro atoms. The number of aromatic hydroxyl groups is 1. The molecule has 3 aromatic rings. The van der Waals surface area contributed by atoms with Crippen LogP contribution in [0.2, 0.25) is 0 Å². The van der Waals surface area contributed by atoms with Gasteiger partial charge in [-0.15, -0.1) is 11.3 Å². The van der Waals surface area contributed by atoms with Crippen molar-refractivity contribution in [1.82, 2.24) is 0 Å². The molecule has 0 amide bonds. The van der Waals surface area contributed by atoms with Crippen molar-refractivity contribution in [3.8, 4) is 5.75 Å². The van der Waals surface area contributed by atoms with E-state index in [-0.39, 0.29) is 5.75 Å². The van der Waals surface area contributed by atoms with Gasteiger partial charge in [0.2, 0.25) is 0 Å². The van der Waals surface area contributed by atoms with Crippen LogP contribution in [0.5, 0.6) is 5.75 Å². The Kier molecular flexibility index (Phi) is 3.52. The second kappa shape index (κ2) is 5.47. The molecule has 20 heavy (non-hydrogen) atoms. The van der Waals surface area contributed by atoms with Crippen molar-refractivity contribution in [3.05, 3.63) is 59.5 Å². The Bertz CT molecular complexity index is 723. The van der Waals surface area contributed by atoms with Crippen LogP contribution in [-0.4, -0.2) is 10.8 Å². The summed E-state index contributed by atoms with van der Waals surface area (Å²) in [6, 6.07) is 17.6. The van der Waals surface area contributed by atoms with Crippen LogP contribution in [0.25, 0.3) is 10.1 Å². The van der Waals surface area contributed by atoms with E-state index in [1.807, 2.05) is 12.1 Å². The lowest BCUT2D eigenvalue weighted by Crippen LogP contribution is -1.94. The van der Waals surface area contributed by atoms with Crippen molar-refractivity contribution < 1.29 is 5.11 Å². The maximum atomic E-state index is 9.31. The number of phenols is 1. The normalized spacial score (nSPS) is 11.9. The minimum atomic E-state index is 0.267. The van der Waals surface area contributed by atoms with Gasteiger partial charge in [-0.05, 0) is 48.2 Å². The van der Waals surface area contributed by atoms with Crippen molar-refractivity contribution in [2.45, 2.75) is 13.3 Å². The van der Waals surface area contributed by atoms with Gasteiger partial charge in [0.25, 0.3) is 0 Å². The van der Waals surface area contributed by atoms with Crippen LogP contribution in [-0.2, 0) is 0 Å². The van der Waals surface area contributed by atoms with Gasteiger partial charge in [-0.2, -0.15) is 0 Å². The van der Waals surface area contributed by atoms with Crippen LogP contribution in [0.4, 0.5) is 5.69 Å². The van der Waals surface area contributed by atoms with E-state index in [1.165, 1.54) is 15.0 Å². The van der Waals surface area contributed by atoms with E-state index in [0.717, 1.165) is 17.8 Å². The Labute approximate surface area is 122 Å². The molecule has 3 rings (SSSR count). The van der Waals surface area contributed by atoms with E-state index in [1.54, 1.807) is 23.5 Å². The summed E-state index contributed by atoms with van der Waals surface area (Å²) in [5.41, 5.74) is 1.95. The van der Waals surface area contributed by atoms with Crippen LogP contribution in [0, 0.1) is 0 Å². The molecule has 0 atom stereocenters. The summed E-state index contributed by atoms with van der Waals surface area (Å²) in [5.74, 6) is 0.267. The third-order valence-electron chi connectivity index (χ3n) is 3.16. The van der Waals surface area contributed by atoms with Gasteiger partial charge < -0.3 is 5.11 Å². The molecule has 0 unspecified atom stereocenters. The van der Waals surface area contributed by atoms with E-state index < -0.39 is 0 Å². The number of nitrogens with zero attached hydrogens (tertiary/aromatic N) is 1. The number of thiophene rings is 1. The highest BCUT2D eigenvalue weighted by Crippen LogP contribution is 2.28. The predicted octanol–water partition coefficient (Wildman–Crippen LogP) is 5.14. The minimum Gasteiger partial charge on any atom is -0.508 e. The molecule has 0 saturated heterocycles. The molecule has 1 heterocycles. The number of aliphatic imine (C=N–C) groups is 1. The number of hydrogen-bond donors (Lipinski definition) is 1. The van der Waals surface area contributed by atoms with Gasteiger partial charge in [0.1, 0.15) is 5.75 Å². The van der Waals surface area contributed by atoms with Gasteiger partial charge in [0.05, 0.1) is 11.4 Å². The van der Waals surface area contributed by atoms with Crippen molar-refractivity contribution in [1.29, 1.82) is 0 Å². The average molecular weight is 281 g/mol. The minimum absolute atomic E-state index is 0.267. The molecule has 1 aromatic heterocycles. The molecule has 100 valence electrons. The molecule has 0 aliphatic heterocycles. The lowest BCUT2D eigenvalue weighted by Gasteiger charge is -2.01. The van der Waals surface area contributed by atoms with E-state index in [0.29, 0.717) is 0 Å². The fourth-order valence-corrected chi connectivity index (χ4v) is 3.24. The van der Waals surface area contributed by atoms with Crippen molar-refractivity contribution >= 4 is 32.8 Å². The zero-order chi connectivity index (χ0) is 13.9. The third kappa shape index (κ3) is 2.58. The van der Waals surface area contributed by atoms with Gasteiger partial charge in [-0.1, -0.05) is 25.1 Å². The summed E-state index contributed by atoms with van der Waals surface area (Å²) in [6.45, 7) is 2.11. The van der Waals surface area contributed by atoms with Crippen LogP contribution < -0.4 is 0 Å². The summed E-state index contributed by atoms with van der Waals surface area (Å²) in [4.78, 5) is 5.91. The van der Waals surface area contributed by atoms with Gasteiger partial charge >= 0.3 is 0 Å². The first-order valence-corrected chi connectivity index (χ1v) is 7.43. The number of fused-ring (bicyclic) bond motifs is 1. The van der Waals surface area contributed by atoms with E-state index in [9.17, 15) is 5.11 Å². The molecule has 0 saturated carbocycles. The summed E-state index contributed by atoms with van der Waals surface area (Å²) >= 11 is 1.77. The lowest BCUT2D eigenvalue weighted by molar-refractivity contribution is 0.475. The zero-order valence-electron chi connectivity index (χ0n) is 11.2. The maximum absolute atomic E-state index is 9.31. The molecular formula is C17H15NOS. The average Bonchev–Trinajstić information content (AvgIpc) is 2.90. The quantitative estimate of drug-likeness (QED) is 0.662. The summed E-state index contributed by atoms with van der Waals surface area (Å²) < 4.78 is 1.29. The molecule has 0 radical (unpaired) electrons. The highest BCUT2D eigenvalue weighted by molar-refractivity contribution is 7.20. The summed E-state index contributed by atoms with van der Waals surface area (Å²) in [7, 11) is 0. The second-order valence-corrected chi connectivity index (χ2v) is 5.66. The fourth-order valence-electron chi connectivity index (χ4n) is 2.12. The van der Waals surface area contributed by atoms with E-state index in [4.69, 9.17) is 4.99 Å². The number of phenolic OH excluding ortho intramolecular Hbond substituents is 1. The van der Waals surface area contributed by atoms with Crippen molar-refractivity contribution in [3.63, 3.8) is 0 Å². The Balaban J connectivity index is 2.02. The molecule has 0 bridgehead atoms.